The third-order valence-electron chi connectivity index (χ3n) is 3.46. The molecule has 0 saturated heterocycles. The summed E-state index contributed by atoms with van der Waals surface area (Å²) in [5.41, 5.74) is 0. The molecule has 0 heterocycles. The van der Waals surface area contributed by atoms with E-state index >= 15 is 0 Å². The number of hydrogen-bond donors (Lipinski definition) is 0. The van der Waals surface area contributed by atoms with E-state index in [0.29, 0.717) is 0 Å². The third-order valence-corrected chi connectivity index (χ3v) is 5.53. The predicted octanol–water partition coefficient (Wildman–Crippen LogP) is 2.76. The first kappa shape index (κ1) is 11.4. The normalized spacial score (nSPS) is 33.1. The van der Waals surface area contributed by atoms with E-state index in [1.807, 2.05) is 0 Å². The van der Waals surface area contributed by atoms with Crippen LogP contribution in [0.5, 0.6) is 0 Å². The van der Waals surface area contributed by atoms with Crippen LogP contribution in [0.3, 0.4) is 0 Å². The molecule has 0 aromatic carbocycles. The van der Waals surface area contributed by atoms with Crippen molar-refractivity contribution in [2.75, 3.05) is 13.2 Å². The van der Waals surface area contributed by atoms with E-state index < -0.39 is 9.28 Å². The average molecular weight is 225 g/mol. The Morgan fingerprint density at radius 1 is 1.13 bits per heavy atom. The Morgan fingerprint density at radius 2 is 1.87 bits per heavy atom. The summed E-state index contributed by atoms with van der Waals surface area (Å²) in [6, 6.07) is 1.18. The molecule has 1 fully saturated rings. The molecule has 0 spiro atoms. The lowest BCUT2D eigenvalue weighted by Gasteiger charge is -2.21. The number of allylic oxidation sites excluding steroid dienone is 2. The number of rotatable bonds is 6. The lowest BCUT2D eigenvalue weighted by Crippen LogP contribution is -2.27. The van der Waals surface area contributed by atoms with Gasteiger partial charge in [0.2, 0.25) is 0 Å². The Kier molecular flexibility index (Phi) is 4.00. The van der Waals surface area contributed by atoms with Crippen LogP contribution < -0.4 is 0 Å². The second-order valence-electron chi connectivity index (χ2n) is 4.48. The fraction of sp³-hybridized carbons (Fsp3) is 0.833. The lowest BCUT2D eigenvalue weighted by molar-refractivity contribution is 0.206. The molecule has 2 aliphatic carbocycles. The lowest BCUT2D eigenvalue weighted by atomic mass is 9.96. The minimum absolute atomic E-state index is 0.797. The van der Waals surface area contributed by atoms with Gasteiger partial charge < -0.3 is 8.85 Å². The van der Waals surface area contributed by atoms with E-state index in [2.05, 4.69) is 26.0 Å². The van der Waals surface area contributed by atoms with Crippen molar-refractivity contribution in [3.8, 4) is 0 Å². The zero-order valence-electron chi connectivity index (χ0n) is 9.74. The third kappa shape index (κ3) is 2.71. The standard InChI is InChI=1S/C12H21O2Si/c1-3-13-15(14-4-2)9-12-8-10-5-6-11(12)7-10/h5-6,10-12H,3-4,7-9H2,1-2H3. The van der Waals surface area contributed by atoms with Crippen LogP contribution in [0.2, 0.25) is 6.04 Å². The predicted molar refractivity (Wildman–Crippen MR) is 62.7 cm³/mol. The Morgan fingerprint density at radius 3 is 2.33 bits per heavy atom. The molecule has 2 bridgehead atoms. The minimum Gasteiger partial charge on any atom is -0.394 e. The number of hydrogen-bond acceptors (Lipinski definition) is 2. The smallest absolute Gasteiger partial charge is 0.384 e. The molecule has 1 saturated carbocycles. The molecule has 2 nitrogen and oxygen atoms in total. The van der Waals surface area contributed by atoms with E-state index in [0.717, 1.165) is 31.0 Å². The summed E-state index contributed by atoms with van der Waals surface area (Å²) in [4.78, 5) is 0. The molecule has 1 radical (unpaired) electrons. The second kappa shape index (κ2) is 5.28. The maximum absolute atomic E-state index is 5.71. The first-order valence-electron chi connectivity index (χ1n) is 6.13. The molecule has 0 aliphatic heterocycles. The molecular formula is C12H21O2Si. The van der Waals surface area contributed by atoms with Crippen LogP contribution in [0.1, 0.15) is 26.7 Å². The molecular weight excluding hydrogens is 204 g/mol. The molecule has 0 aromatic heterocycles. The highest BCUT2D eigenvalue weighted by atomic mass is 28.3. The number of fused-ring (bicyclic) bond motifs is 2. The SMILES string of the molecule is CCO[Si](CC1CC2C=CC1C2)OCC. The monoisotopic (exact) mass is 225 g/mol. The maximum atomic E-state index is 5.71. The summed E-state index contributed by atoms with van der Waals surface area (Å²) in [7, 11) is -0.985. The van der Waals surface area contributed by atoms with Gasteiger partial charge in [-0.05, 0) is 50.5 Å². The van der Waals surface area contributed by atoms with Gasteiger partial charge in [-0.2, -0.15) is 0 Å². The summed E-state index contributed by atoms with van der Waals surface area (Å²) in [5.74, 6) is 2.54. The van der Waals surface area contributed by atoms with Crippen LogP contribution in [0.4, 0.5) is 0 Å². The highest BCUT2D eigenvalue weighted by molar-refractivity contribution is 6.44. The van der Waals surface area contributed by atoms with Crippen molar-refractivity contribution in [3.05, 3.63) is 12.2 Å². The van der Waals surface area contributed by atoms with Gasteiger partial charge in [-0.3, -0.25) is 0 Å². The molecule has 0 N–H and O–H groups in total. The summed E-state index contributed by atoms with van der Waals surface area (Å²) in [5, 5.41) is 0. The topological polar surface area (TPSA) is 18.5 Å². The quantitative estimate of drug-likeness (QED) is 0.511. The highest BCUT2D eigenvalue weighted by Gasteiger charge is 2.38. The first-order valence-corrected chi connectivity index (χ1v) is 7.65. The van der Waals surface area contributed by atoms with Crippen molar-refractivity contribution in [2.24, 2.45) is 17.8 Å². The minimum atomic E-state index is -0.985. The van der Waals surface area contributed by atoms with Crippen LogP contribution in [-0.2, 0) is 8.85 Å². The Hall–Kier alpha value is -0.123. The molecule has 0 amide bonds. The van der Waals surface area contributed by atoms with Crippen molar-refractivity contribution in [1.29, 1.82) is 0 Å². The van der Waals surface area contributed by atoms with Gasteiger partial charge in [0.15, 0.2) is 0 Å². The van der Waals surface area contributed by atoms with Gasteiger partial charge in [0.25, 0.3) is 0 Å². The Bertz CT molecular complexity index is 224. The summed E-state index contributed by atoms with van der Waals surface area (Å²) in [6.45, 7) is 5.71. The van der Waals surface area contributed by atoms with Crippen molar-refractivity contribution in [2.45, 2.75) is 32.7 Å². The fourth-order valence-corrected chi connectivity index (χ4v) is 4.69. The van der Waals surface area contributed by atoms with Crippen LogP contribution in [0.25, 0.3) is 0 Å². The van der Waals surface area contributed by atoms with Crippen LogP contribution in [0, 0.1) is 17.8 Å². The maximum Gasteiger partial charge on any atom is 0.384 e. The average Bonchev–Trinajstić information content (AvgIpc) is 2.80. The molecule has 2 aliphatic rings. The largest absolute Gasteiger partial charge is 0.394 e. The van der Waals surface area contributed by atoms with Gasteiger partial charge in [-0.25, -0.2) is 0 Å². The van der Waals surface area contributed by atoms with Gasteiger partial charge in [0.05, 0.1) is 0 Å². The zero-order chi connectivity index (χ0) is 10.7. The zero-order valence-corrected chi connectivity index (χ0v) is 10.7. The van der Waals surface area contributed by atoms with Gasteiger partial charge in [-0.15, -0.1) is 0 Å². The van der Waals surface area contributed by atoms with Crippen LogP contribution in [0.15, 0.2) is 12.2 Å². The van der Waals surface area contributed by atoms with Crippen LogP contribution in [-0.4, -0.2) is 22.5 Å². The molecule has 0 aromatic rings. The van der Waals surface area contributed by atoms with Crippen molar-refractivity contribution < 1.29 is 8.85 Å². The highest BCUT2D eigenvalue weighted by Crippen LogP contribution is 2.45. The van der Waals surface area contributed by atoms with Crippen molar-refractivity contribution in [1.82, 2.24) is 0 Å². The molecule has 3 heteroatoms. The summed E-state index contributed by atoms with van der Waals surface area (Å²) >= 11 is 0. The Balaban J connectivity index is 1.81. The van der Waals surface area contributed by atoms with E-state index in [1.54, 1.807) is 0 Å². The van der Waals surface area contributed by atoms with Gasteiger partial charge in [-0.1, -0.05) is 12.2 Å². The molecule has 2 rings (SSSR count). The van der Waals surface area contributed by atoms with Crippen molar-refractivity contribution >= 4 is 9.28 Å². The first-order chi connectivity index (χ1) is 7.33. The van der Waals surface area contributed by atoms with Crippen molar-refractivity contribution in [3.63, 3.8) is 0 Å². The van der Waals surface area contributed by atoms with Gasteiger partial charge in [0.1, 0.15) is 0 Å². The summed E-state index contributed by atoms with van der Waals surface area (Å²) in [6.07, 6.45) is 7.57. The van der Waals surface area contributed by atoms with E-state index in [4.69, 9.17) is 8.85 Å². The molecule has 85 valence electrons. The van der Waals surface area contributed by atoms with E-state index in [1.165, 1.54) is 18.9 Å². The van der Waals surface area contributed by atoms with Crippen LogP contribution >= 0.6 is 0 Å². The fourth-order valence-electron chi connectivity index (χ4n) is 2.82. The van der Waals surface area contributed by atoms with E-state index in [9.17, 15) is 0 Å². The molecule has 15 heavy (non-hydrogen) atoms. The van der Waals surface area contributed by atoms with E-state index in [-0.39, 0.29) is 0 Å². The molecule has 3 atom stereocenters. The second-order valence-corrected chi connectivity index (χ2v) is 6.21. The van der Waals surface area contributed by atoms with Gasteiger partial charge >= 0.3 is 9.28 Å². The van der Waals surface area contributed by atoms with Gasteiger partial charge in [0, 0.05) is 13.2 Å². The Labute approximate surface area is 94.5 Å². The molecule has 3 unspecified atom stereocenters. The summed E-state index contributed by atoms with van der Waals surface area (Å²) < 4.78 is 11.4.